The first-order valence-corrected chi connectivity index (χ1v) is 7.34. The molecule has 1 fully saturated rings. The molecule has 118 valence electrons. The van der Waals surface area contributed by atoms with Crippen molar-refractivity contribution >= 4 is 41.0 Å². The van der Waals surface area contributed by atoms with E-state index in [2.05, 4.69) is 9.89 Å². The summed E-state index contributed by atoms with van der Waals surface area (Å²) in [6, 6.07) is 5.71. The fourth-order valence-electron chi connectivity index (χ4n) is 2.56. The Morgan fingerprint density at radius 1 is 1.18 bits per heavy atom. The van der Waals surface area contributed by atoms with Gasteiger partial charge in [-0.15, -0.1) is 0 Å². The van der Waals surface area contributed by atoms with Crippen LogP contribution in [-0.4, -0.2) is 52.5 Å². The minimum Gasteiger partial charge on any atom is -0.473 e. The number of fused-ring (bicyclic) bond motifs is 1. The van der Waals surface area contributed by atoms with Crippen molar-refractivity contribution < 1.29 is 19.8 Å². The zero-order chi connectivity index (χ0) is 16.3. The summed E-state index contributed by atoms with van der Waals surface area (Å²) in [6.07, 6.45) is 0.976. The van der Waals surface area contributed by atoms with Gasteiger partial charge in [0.15, 0.2) is 0 Å². The zero-order valence-electron chi connectivity index (χ0n) is 11.5. The molecule has 2 N–H and O–H groups in total. The van der Waals surface area contributed by atoms with E-state index in [1.807, 2.05) is 18.2 Å². The molecule has 0 bridgehead atoms. The van der Waals surface area contributed by atoms with Gasteiger partial charge in [-0.25, -0.2) is 9.59 Å². The molecule has 3 rings (SSSR count). The van der Waals surface area contributed by atoms with E-state index in [0.717, 1.165) is 41.7 Å². The largest absolute Gasteiger partial charge is 0.473 e. The monoisotopic (exact) mass is 344 g/mol. The lowest BCUT2D eigenvalue weighted by atomic mass is 9.98. The van der Waals surface area contributed by atoms with Crippen molar-refractivity contribution in [2.45, 2.75) is 12.3 Å². The van der Waals surface area contributed by atoms with Gasteiger partial charge in [-0.3, -0.25) is 4.99 Å². The molecular formula is C14H14Cl2N2O4. The summed E-state index contributed by atoms with van der Waals surface area (Å²) in [5.74, 6) is -2.02. The third-order valence-electron chi connectivity index (χ3n) is 3.49. The number of hydrogen-bond donors (Lipinski definition) is 2. The molecule has 8 heteroatoms. The number of benzene rings is 1. The maximum absolute atomic E-state index is 9.10. The molecule has 1 aromatic rings. The molecule has 1 aromatic carbocycles. The van der Waals surface area contributed by atoms with Gasteiger partial charge in [-0.1, -0.05) is 29.3 Å². The Labute approximate surface area is 137 Å². The lowest BCUT2D eigenvalue weighted by Gasteiger charge is -2.15. The average molecular weight is 345 g/mol. The molecule has 0 saturated carbocycles. The van der Waals surface area contributed by atoms with Gasteiger partial charge in [-0.2, -0.15) is 0 Å². The summed E-state index contributed by atoms with van der Waals surface area (Å²) in [7, 11) is 0. The molecular weight excluding hydrogens is 331 g/mol. The van der Waals surface area contributed by atoms with Crippen LogP contribution >= 0.6 is 23.2 Å². The van der Waals surface area contributed by atoms with Crippen LogP contribution in [0.1, 0.15) is 17.9 Å². The zero-order valence-corrected chi connectivity index (χ0v) is 13.0. The topological polar surface area (TPSA) is 90.2 Å². The van der Waals surface area contributed by atoms with Crippen molar-refractivity contribution in [3.8, 4) is 0 Å². The Hall–Kier alpha value is -1.79. The molecule has 0 amide bonds. The average Bonchev–Trinajstić information content (AvgIpc) is 3.00. The summed E-state index contributed by atoms with van der Waals surface area (Å²) < 4.78 is 0. The van der Waals surface area contributed by atoms with E-state index in [4.69, 9.17) is 43.0 Å². The van der Waals surface area contributed by atoms with E-state index in [0.29, 0.717) is 5.92 Å². The van der Waals surface area contributed by atoms with Gasteiger partial charge in [0, 0.05) is 35.5 Å². The SMILES string of the molecule is Clc1cccc(Cl)c1C1CC2=NCCN2C1.O=C(O)C(=O)O. The van der Waals surface area contributed by atoms with Crippen LogP contribution in [0.4, 0.5) is 0 Å². The predicted molar refractivity (Wildman–Crippen MR) is 83.0 cm³/mol. The summed E-state index contributed by atoms with van der Waals surface area (Å²) in [5, 5.41) is 16.3. The molecule has 2 heterocycles. The fourth-order valence-corrected chi connectivity index (χ4v) is 3.27. The van der Waals surface area contributed by atoms with Crippen molar-refractivity contribution in [1.29, 1.82) is 0 Å². The maximum Gasteiger partial charge on any atom is 0.414 e. The lowest BCUT2D eigenvalue weighted by molar-refractivity contribution is -0.159. The Balaban J connectivity index is 0.000000254. The van der Waals surface area contributed by atoms with E-state index in [1.165, 1.54) is 5.84 Å². The van der Waals surface area contributed by atoms with Crippen molar-refractivity contribution in [1.82, 2.24) is 4.90 Å². The van der Waals surface area contributed by atoms with Gasteiger partial charge >= 0.3 is 11.9 Å². The number of aliphatic imine (C=N–C) groups is 1. The summed E-state index contributed by atoms with van der Waals surface area (Å²) in [4.78, 5) is 25.0. The van der Waals surface area contributed by atoms with E-state index in [1.54, 1.807) is 0 Å². The number of aliphatic carboxylic acids is 2. The number of carbonyl (C=O) groups is 2. The highest BCUT2D eigenvalue weighted by Crippen LogP contribution is 2.38. The van der Waals surface area contributed by atoms with E-state index in [-0.39, 0.29) is 0 Å². The number of halogens is 2. The molecule has 0 radical (unpaired) electrons. The van der Waals surface area contributed by atoms with Crippen LogP contribution in [-0.2, 0) is 9.59 Å². The highest BCUT2D eigenvalue weighted by molar-refractivity contribution is 6.36. The van der Waals surface area contributed by atoms with Gasteiger partial charge in [0.2, 0.25) is 0 Å². The number of nitrogens with zero attached hydrogens (tertiary/aromatic N) is 2. The number of hydrogen-bond acceptors (Lipinski definition) is 4. The Kier molecular flexibility index (Phi) is 5.26. The minimum atomic E-state index is -1.82. The smallest absolute Gasteiger partial charge is 0.414 e. The molecule has 1 unspecified atom stereocenters. The molecule has 1 saturated heterocycles. The standard InChI is InChI=1S/C12H12Cl2N2.C2H2O4/c13-9-2-1-3-10(14)12(9)8-6-11-15-4-5-16(11)7-8;3-1(4)2(5)6/h1-3,8H,4-7H2;(H,3,4)(H,5,6). The Morgan fingerprint density at radius 3 is 2.27 bits per heavy atom. The van der Waals surface area contributed by atoms with Gasteiger partial charge in [0.25, 0.3) is 0 Å². The van der Waals surface area contributed by atoms with Crippen LogP contribution in [0.15, 0.2) is 23.2 Å². The van der Waals surface area contributed by atoms with Crippen molar-refractivity contribution in [3.05, 3.63) is 33.8 Å². The predicted octanol–water partition coefficient (Wildman–Crippen LogP) is 2.35. The molecule has 22 heavy (non-hydrogen) atoms. The Morgan fingerprint density at radius 2 is 1.77 bits per heavy atom. The number of rotatable bonds is 1. The third kappa shape index (κ3) is 3.69. The van der Waals surface area contributed by atoms with E-state index >= 15 is 0 Å². The fraction of sp³-hybridized carbons (Fsp3) is 0.357. The molecule has 6 nitrogen and oxygen atoms in total. The molecule has 1 atom stereocenters. The van der Waals surface area contributed by atoms with E-state index in [9.17, 15) is 0 Å². The van der Waals surface area contributed by atoms with Gasteiger partial charge in [0.05, 0.1) is 12.4 Å². The number of carboxylic acid groups (broad SMARTS) is 2. The highest BCUT2D eigenvalue weighted by Gasteiger charge is 2.33. The van der Waals surface area contributed by atoms with Crippen LogP contribution in [0.25, 0.3) is 0 Å². The lowest BCUT2D eigenvalue weighted by Crippen LogP contribution is -2.21. The summed E-state index contributed by atoms with van der Waals surface area (Å²) in [5.41, 5.74) is 1.09. The quantitative estimate of drug-likeness (QED) is 0.763. The van der Waals surface area contributed by atoms with E-state index < -0.39 is 11.9 Å². The molecule has 0 aromatic heterocycles. The minimum absolute atomic E-state index is 0.403. The molecule has 0 spiro atoms. The van der Waals surface area contributed by atoms with Gasteiger partial charge < -0.3 is 15.1 Å². The number of amidine groups is 1. The van der Waals surface area contributed by atoms with Crippen LogP contribution < -0.4 is 0 Å². The summed E-state index contributed by atoms with van der Waals surface area (Å²) in [6.45, 7) is 2.99. The van der Waals surface area contributed by atoms with Crippen LogP contribution in [0.2, 0.25) is 10.0 Å². The first-order chi connectivity index (χ1) is 10.4. The second-order valence-corrected chi connectivity index (χ2v) is 5.71. The second kappa shape index (κ2) is 6.98. The third-order valence-corrected chi connectivity index (χ3v) is 4.15. The van der Waals surface area contributed by atoms with Crippen LogP contribution in [0.3, 0.4) is 0 Å². The summed E-state index contributed by atoms with van der Waals surface area (Å²) >= 11 is 12.4. The first-order valence-electron chi connectivity index (χ1n) is 6.58. The molecule has 2 aliphatic heterocycles. The first kappa shape index (κ1) is 16.6. The maximum atomic E-state index is 9.10. The Bertz CT molecular complexity index is 601. The van der Waals surface area contributed by atoms with Gasteiger partial charge in [-0.05, 0) is 17.7 Å². The molecule has 2 aliphatic rings. The normalized spacial score (nSPS) is 19.1. The second-order valence-electron chi connectivity index (χ2n) is 4.89. The molecule has 0 aliphatic carbocycles. The van der Waals surface area contributed by atoms with Crippen LogP contribution in [0, 0.1) is 0 Å². The van der Waals surface area contributed by atoms with Crippen molar-refractivity contribution in [2.24, 2.45) is 4.99 Å². The van der Waals surface area contributed by atoms with Crippen LogP contribution in [0.5, 0.6) is 0 Å². The number of carboxylic acids is 2. The van der Waals surface area contributed by atoms with Crippen molar-refractivity contribution in [3.63, 3.8) is 0 Å². The highest BCUT2D eigenvalue weighted by atomic mass is 35.5. The van der Waals surface area contributed by atoms with Crippen molar-refractivity contribution in [2.75, 3.05) is 19.6 Å². The van der Waals surface area contributed by atoms with Gasteiger partial charge in [0.1, 0.15) is 0 Å².